The average Bonchev–Trinajstić information content (AvgIpc) is 2.39. The second-order valence-electron chi connectivity index (χ2n) is 3.64. The van der Waals surface area contributed by atoms with Gasteiger partial charge in [0.1, 0.15) is 6.61 Å². The first-order valence-corrected chi connectivity index (χ1v) is 5.42. The zero-order chi connectivity index (χ0) is 12.8. The maximum absolute atomic E-state index is 10.3. The van der Waals surface area contributed by atoms with Gasteiger partial charge >= 0.3 is 0 Å². The number of carbonyl (C=O) groups excluding carboxylic acids is 1. The quantitative estimate of drug-likeness (QED) is 0.785. The highest BCUT2D eigenvalue weighted by atomic mass is 16.5. The van der Waals surface area contributed by atoms with Gasteiger partial charge in [-0.25, -0.2) is 4.98 Å². The van der Waals surface area contributed by atoms with Crippen LogP contribution in [0.5, 0.6) is 5.75 Å². The lowest BCUT2D eigenvalue weighted by Crippen LogP contribution is -2.01. The Morgan fingerprint density at radius 3 is 3.00 bits per heavy atom. The molecule has 0 aliphatic carbocycles. The van der Waals surface area contributed by atoms with Gasteiger partial charge in [-0.2, -0.15) is 0 Å². The molecular formula is C13H13N3O2. The molecule has 0 aliphatic rings. The third-order valence-corrected chi connectivity index (χ3v) is 2.35. The van der Waals surface area contributed by atoms with Crippen LogP contribution in [0.1, 0.15) is 5.56 Å². The van der Waals surface area contributed by atoms with Gasteiger partial charge in [0.2, 0.25) is 6.41 Å². The van der Waals surface area contributed by atoms with Crippen LogP contribution < -0.4 is 15.8 Å². The van der Waals surface area contributed by atoms with E-state index in [-0.39, 0.29) is 0 Å². The summed E-state index contributed by atoms with van der Waals surface area (Å²) in [5, 5.41) is 2.58. The van der Waals surface area contributed by atoms with Crippen molar-refractivity contribution in [1.82, 2.24) is 4.98 Å². The van der Waals surface area contributed by atoms with Gasteiger partial charge in [-0.1, -0.05) is 12.1 Å². The summed E-state index contributed by atoms with van der Waals surface area (Å²) in [5.41, 5.74) is 7.33. The number of nitrogens with zero attached hydrogens (tertiary/aromatic N) is 1. The number of benzene rings is 1. The molecule has 1 aromatic carbocycles. The van der Waals surface area contributed by atoms with Crippen LogP contribution >= 0.6 is 0 Å². The number of aromatic nitrogens is 1. The van der Waals surface area contributed by atoms with E-state index in [0.29, 0.717) is 24.6 Å². The third-order valence-electron chi connectivity index (χ3n) is 2.35. The minimum absolute atomic E-state index is 0.361. The minimum atomic E-state index is 0.361. The summed E-state index contributed by atoms with van der Waals surface area (Å²) in [5.74, 6) is 0.908. The Hall–Kier alpha value is -2.56. The number of nitrogens with two attached hydrogens (primary N) is 1. The Balaban J connectivity index is 2.04. The van der Waals surface area contributed by atoms with Crippen molar-refractivity contribution in [3.63, 3.8) is 0 Å². The summed E-state index contributed by atoms with van der Waals surface area (Å²) < 4.78 is 5.55. The number of hydrogen-bond acceptors (Lipinski definition) is 4. The summed E-state index contributed by atoms with van der Waals surface area (Å²) in [6.45, 7) is 0.365. The predicted molar refractivity (Wildman–Crippen MR) is 69.1 cm³/mol. The molecule has 0 bridgehead atoms. The summed E-state index contributed by atoms with van der Waals surface area (Å²) in [4.78, 5) is 14.3. The number of nitrogens with one attached hydrogen (secondary N) is 1. The minimum Gasteiger partial charge on any atom is -0.485 e. The van der Waals surface area contributed by atoms with E-state index in [0.717, 1.165) is 11.3 Å². The molecule has 0 saturated carbocycles. The van der Waals surface area contributed by atoms with E-state index in [9.17, 15) is 4.79 Å². The summed E-state index contributed by atoms with van der Waals surface area (Å²) in [7, 11) is 0. The van der Waals surface area contributed by atoms with Crippen molar-refractivity contribution in [2.75, 3.05) is 11.1 Å². The van der Waals surface area contributed by atoms with Crippen LogP contribution in [0.15, 0.2) is 42.6 Å². The number of amides is 1. The fourth-order valence-electron chi connectivity index (χ4n) is 1.50. The zero-order valence-corrected chi connectivity index (χ0v) is 9.67. The lowest BCUT2D eigenvalue weighted by atomic mass is 10.2. The zero-order valence-electron chi connectivity index (χ0n) is 9.67. The van der Waals surface area contributed by atoms with Gasteiger partial charge in [0.05, 0.1) is 0 Å². The lowest BCUT2D eigenvalue weighted by Gasteiger charge is -2.08. The van der Waals surface area contributed by atoms with E-state index in [1.165, 1.54) is 0 Å². The molecular weight excluding hydrogens is 230 g/mol. The third kappa shape index (κ3) is 2.98. The normalized spacial score (nSPS) is 9.78. The van der Waals surface area contributed by atoms with Gasteiger partial charge in [-0.15, -0.1) is 0 Å². The summed E-state index contributed by atoms with van der Waals surface area (Å²) in [6.07, 6.45) is 2.25. The molecule has 18 heavy (non-hydrogen) atoms. The topological polar surface area (TPSA) is 77.2 Å². The van der Waals surface area contributed by atoms with E-state index >= 15 is 0 Å². The Morgan fingerprint density at radius 1 is 1.33 bits per heavy atom. The van der Waals surface area contributed by atoms with E-state index in [1.807, 2.05) is 18.2 Å². The fraction of sp³-hybridized carbons (Fsp3) is 0.0769. The number of ether oxygens (including phenoxy) is 1. The van der Waals surface area contributed by atoms with Crippen molar-refractivity contribution < 1.29 is 9.53 Å². The Labute approximate surface area is 105 Å². The van der Waals surface area contributed by atoms with Crippen molar-refractivity contribution in [2.45, 2.75) is 6.61 Å². The van der Waals surface area contributed by atoms with Crippen molar-refractivity contribution in [3.8, 4) is 5.75 Å². The van der Waals surface area contributed by atoms with Gasteiger partial charge < -0.3 is 15.8 Å². The molecule has 5 heteroatoms. The van der Waals surface area contributed by atoms with Crippen LogP contribution in [0.2, 0.25) is 0 Å². The Bertz CT molecular complexity index is 543. The van der Waals surface area contributed by atoms with E-state index < -0.39 is 0 Å². The molecule has 2 aromatic rings. The summed E-state index contributed by atoms with van der Waals surface area (Å²) >= 11 is 0. The molecule has 0 unspecified atom stereocenters. The van der Waals surface area contributed by atoms with Crippen LogP contribution in [0.25, 0.3) is 0 Å². The molecule has 3 N–H and O–H groups in total. The number of nitrogen functional groups attached to an aromatic ring is 1. The molecule has 0 radical (unpaired) electrons. The average molecular weight is 243 g/mol. The van der Waals surface area contributed by atoms with Crippen LogP contribution in [-0.2, 0) is 11.4 Å². The van der Waals surface area contributed by atoms with Crippen molar-refractivity contribution in [3.05, 3.63) is 48.2 Å². The number of carbonyl (C=O) groups is 1. The summed E-state index contributed by atoms with van der Waals surface area (Å²) in [6, 6.07) is 10.9. The van der Waals surface area contributed by atoms with Gasteiger partial charge in [-0.3, -0.25) is 4.79 Å². The standard InChI is InChI=1S/C13H13N3O2/c14-13-12(5-2-6-15-13)18-8-10-3-1-4-11(7-10)16-9-17/h1-7,9H,8H2,(H2,14,15)(H,16,17). The maximum atomic E-state index is 10.3. The molecule has 1 aromatic heterocycles. The number of hydrogen-bond donors (Lipinski definition) is 2. The van der Waals surface area contributed by atoms with Gasteiger partial charge in [0.25, 0.3) is 0 Å². The highest BCUT2D eigenvalue weighted by Crippen LogP contribution is 2.19. The first kappa shape index (κ1) is 11.9. The molecule has 0 atom stereocenters. The van der Waals surface area contributed by atoms with Gasteiger partial charge in [0.15, 0.2) is 11.6 Å². The van der Waals surface area contributed by atoms with Crippen LogP contribution in [0.4, 0.5) is 11.5 Å². The molecule has 1 amide bonds. The molecule has 0 saturated heterocycles. The van der Waals surface area contributed by atoms with Crippen LogP contribution in [-0.4, -0.2) is 11.4 Å². The molecule has 2 rings (SSSR count). The largest absolute Gasteiger partial charge is 0.485 e. The van der Waals surface area contributed by atoms with Gasteiger partial charge in [0, 0.05) is 11.9 Å². The molecule has 1 heterocycles. The SMILES string of the molecule is Nc1ncccc1OCc1cccc(NC=O)c1. The second-order valence-corrected chi connectivity index (χ2v) is 3.64. The molecule has 0 spiro atoms. The fourth-order valence-corrected chi connectivity index (χ4v) is 1.50. The van der Waals surface area contributed by atoms with E-state index in [1.54, 1.807) is 24.4 Å². The second kappa shape index (κ2) is 5.67. The molecule has 5 nitrogen and oxygen atoms in total. The highest BCUT2D eigenvalue weighted by Gasteiger charge is 2.01. The van der Waals surface area contributed by atoms with Gasteiger partial charge in [-0.05, 0) is 29.8 Å². The Morgan fingerprint density at radius 2 is 2.22 bits per heavy atom. The van der Waals surface area contributed by atoms with E-state index in [2.05, 4.69) is 10.3 Å². The lowest BCUT2D eigenvalue weighted by molar-refractivity contribution is -0.105. The maximum Gasteiger partial charge on any atom is 0.211 e. The van der Waals surface area contributed by atoms with E-state index in [4.69, 9.17) is 10.5 Å². The van der Waals surface area contributed by atoms with Crippen LogP contribution in [0, 0.1) is 0 Å². The number of rotatable bonds is 5. The Kier molecular flexibility index (Phi) is 3.76. The monoisotopic (exact) mass is 243 g/mol. The smallest absolute Gasteiger partial charge is 0.211 e. The predicted octanol–water partition coefficient (Wildman–Crippen LogP) is 1.81. The van der Waals surface area contributed by atoms with Crippen molar-refractivity contribution >= 4 is 17.9 Å². The molecule has 0 fully saturated rings. The first-order chi connectivity index (χ1) is 8.79. The van der Waals surface area contributed by atoms with Crippen molar-refractivity contribution in [1.29, 1.82) is 0 Å². The first-order valence-electron chi connectivity index (χ1n) is 5.42. The van der Waals surface area contributed by atoms with Crippen molar-refractivity contribution in [2.24, 2.45) is 0 Å². The molecule has 0 aliphatic heterocycles. The highest BCUT2D eigenvalue weighted by molar-refractivity contribution is 5.71. The number of anilines is 2. The van der Waals surface area contributed by atoms with Crippen LogP contribution in [0.3, 0.4) is 0 Å². The molecule has 92 valence electrons. The number of pyridine rings is 1.